The molecule has 0 aliphatic rings. The van der Waals surface area contributed by atoms with Gasteiger partial charge in [0.05, 0.1) is 5.02 Å². The Bertz CT molecular complexity index is 577. The van der Waals surface area contributed by atoms with Crippen molar-refractivity contribution in [2.75, 3.05) is 20.1 Å². The van der Waals surface area contributed by atoms with Crippen molar-refractivity contribution in [3.05, 3.63) is 64.7 Å². The molecule has 0 radical (unpaired) electrons. The molecule has 1 unspecified atom stereocenters. The number of hydrogen-bond donors (Lipinski definition) is 1. The molecular formula is C16H19ClFN3. The zero-order valence-corrected chi connectivity index (χ0v) is 12.7. The van der Waals surface area contributed by atoms with Crippen molar-refractivity contribution < 1.29 is 4.39 Å². The van der Waals surface area contributed by atoms with E-state index in [1.807, 2.05) is 30.1 Å². The lowest BCUT2D eigenvalue weighted by Gasteiger charge is -2.27. The fraction of sp³-hybridized carbons (Fsp3) is 0.312. The summed E-state index contributed by atoms with van der Waals surface area (Å²) in [6, 6.07) is 10.6. The minimum absolute atomic E-state index is 0.129. The molecule has 5 heteroatoms. The Hall–Kier alpha value is -1.49. The normalized spacial score (nSPS) is 12.6. The fourth-order valence-electron chi connectivity index (χ4n) is 2.31. The molecule has 1 aromatic heterocycles. The molecule has 0 saturated carbocycles. The first-order valence-electron chi connectivity index (χ1n) is 6.87. The van der Waals surface area contributed by atoms with E-state index in [2.05, 4.69) is 4.98 Å². The van der Waals surface area contributed by atoms with Gasteiger partial charge in [0.1, 0.15) is 5.82 Å². The standard InChI is InChI=1S/C16H19ClFN3/c1-21(10-8-12-5-2-3-9-20-12)15(11-19)13-6-4-7-14(17)16(13)18/h2-7,9,15H,8,10-11,19H2,1H3. The molecule has 0 bridgehead atoms. The number of aromatic nitrogens is 1. The number of rotatable bonds is 6. The number of benzene rings is 1. The van der Waals surface area contributed by atoms with Gasteiger partial charge in [0.25, 0.3) is 0 Å². The molecule has 0 amide bonds. The Labute approximate surface area is 129 Å². The van der Waals surface area contributed by atoms with Gasteiger partial charge in [-0.25, -0.2) is 4.39 Å². The van der Waals surface area contributed by atoms with Crippen molar-refractivity contribution in [3.63, 3.8) is 0 Å². The molecule has 2 N–H and O–H groups in total. The molecule has 1 heterocycles. The largest absolute Gasteiger partial charge is 0.329 e. The highest BCUT2D eigenvalue weighted by molar-refractivity contribution is 6.30. The lowest BCUT2D eigenvalue weighted by atomic mass is 10.0. The van der Waals surface area contributed by atoms with Gasteiger partial charge < -0.3 is 5.73 Å². The monoisotopic (exact) mass is 307 g/mol. The lowest BCUT2D eigenvalue weighted by Crippen LogP contribution is -2.32. The van der Waals surface area contributed by atoms with Crippen LogP contribution in [0, 0.1) is 5.82 Å². The number of halogens is 2. The van der Waals surface area contributed by atoms with Crippen LogP contribution in [0.15, 0.2) is 42.6 Å². The summed E-state index contributed by atoms with van der Waals surface area (Å²) in [6.07, 6.45) is 2.56. The molecule has 0 spiro atoms. The van der Waals surface area contributed by atoms with Gasteiger partial charge in [0, 0.05) is 43.0 Å². The molecule has 0 aliphatic heterocycles. The van der Waals surface area contributed by atoms with Crippen LogP contribution in [0.25, 0.3) is 0 Å². The van der Waals surface area contributed by atoms with Crippen LogP contribution in [0.2, 0.25) is 5.02 Å². The number of likely N-dealkylation sites (N-methyl/N-ethyl adjacent to an activating group) is 1. The minimum Gasteiger partial charge on any atom is -0.329 e. The maximum atomic E-state index is 14.1. The van der Waals surface area contributed by atoms with Crippen molar-refractivity contribution in [1.29, 1.82) is 0 Å². The van der Waals surface area contributed by atoms with Crippen molar-refractivity contribution in [3.8, 4) is 0 Å². The highest BCUT2D eigenvalue weighted by Crippen LogP contribution is 2.26. The smallest absolute Gasteiger partial charge is 0.146 e. The van der Waals surface area contributed by atoms with E-state index in [9.17, 15) is 4.39 Å². The first-order chi connectivity index (χ1) is 10.1. The summed E-state index contributed by atoms with van der Waals surface area (Å²) in [4.78, 5) is 6.32. The summed E-state index contributed by atoms with van der Waals surface area (Å²) >= 11 is 5.85. The number of pyridine rings is 1. The molecular weight excluding hydrogens is 289 g/mol. The number of nitrogens with zero attached hydrogens (tertiary/aromatic N) is 2. The summed E-state index contributed by atoms with van der Waals surface area (Å²) in [7, 11) is 1.93. The topological polar surface area (TPSA) is 42.2 Å². The first kappa shape index (κ1) is 15.9. The van der Waals surface area contributed by atoms with Crippen LogP contribution in [0.5, 0.6) is 0 Å². The predicted octanol–water partition coefficient (Wildman–Crippen LogP) is 3.05. The van der Waals surface area contributed by atoms with Gasteiger partial charge in [-0.15, -0.1) is 0 Å². The van der Waals surface area contributed by atoms with Crippen LogP contribution >= 0.6 is 11.6 Å². The summed E-state index contributed by atoms with van der Waals surface area (Å²) < 4.78 is 14.1. The van der Waals surface area contributed by atoms with E-state index >= 15 is 0 Å². The Balaban J connectivity index is 2.08. The molecule has 0 saturated heterocycles. The SMILES string of the molecule is CN(CCc1ccccn1)C(CN)c1cccc(Cl)c1F. The van der Waals surface area contributed by atoms with E-state index in [1.54, 1.807) is 24.4 Å². The Kier molecular flexibility index (Phi) is 5.67. The molecule has 2 rings (SSSR count). The highest BCUT2D eigenvalue weighted by atomic mass is 35.5. The highest BCUT2D eigenvalue weighted by Gasteiger charge is 2.20. The second kappa shape index (κ2) is 7.50. The summed E-state index contributed by atoms with van der Waals surface area (Å²) in [5, 5.41) is 0.129. The molecule has 0 fully saturated rings. The Morgan fingerprint density at radius 2 is 2.10 bits per heavy atom. The van der Waals surface area contributed by atoms with Gasteiger partial charge in [-0.1, -0.05) is 29.8 Å². The Morgan fingerprint density at radius 3 is 2.76 bits per heavy atom. The van der Waals surface area contributed by atoms with E-state index in [1.165, 1.54) is 0 Å². The summed E-state index contributed by atoms with van der Waals surface area (Å²) in [5.74, 6) is -0.390. The van der Waals surface area contributed by atoms with E-state index in [0.29, 0.717) is 12.1 Å². The third kappa shape index (κ3) is 4.00. The van der Waals surface area contributed by atoms with Crippen LogP contribution in [0.3, 0.4) is 0 Å². The van der Waals surface area contributed by atoms with Crippen LogP contribution in [-0.4, -0.2) is 30.0 Å². The van der Waals surface area contributed by atoms with Crippen LogP contribution in [0.4, 0.5) is 4.39 Å². The van der Waals surface area contributed by atoms with Gasteiger partial charge in [0.2, 0.25) is 0 Å². The van der Waals surface area contributed by atoms with Crippen molar-refractivity contribution in [2.45, 2.75) is 12.5 Å². The number of nitrogens with two attached hydrogens (primary N) is 1. The van der Waals surface area contributed by atoms with Crippen LogP contribution in [0.1, 0.15) is 17.3 Å². The van der Waals surface area contributed by atoms with E-state index in [4.69, 9.17) is 17.3 Å². The third-order valence-electron chi connectivity index (χ3n) is 3.54. The van der Waals surface area contributed by atoms with Gasteiger partial charge in [0.15, 0.2) is 0 Å². The second-order valence-corrected chi connectivity index (χ2v) is 5.35. The summed E-state index contributed by atoms with van der Waals surface area (Å²) in [6.45, 7) is 1.07. The average Bonchev–Trinajstić information content (AvgIpc) is 2.51. The number of hydrogen-bond acceptors (Lipinski definition) is 3. The molecule has 2 aromatic rings. The van der Waals surface area contributed by atoms with E-state index in [-0.39, 0.29) is 16.9 Å². The quantitative estimate of drug-likeness (QED) is 0.892. The third-order valence-corrected chi connectivity index (χ3v) is 3.83. The van der Waals surface area contributed by atoms with Crippen LogP contribution in [-0.2, 0) is 6.42 Å². The molecule has 3 nitrogen and oxygen atoms in total. The van der Waals surface area contributed by atoms with E-state index < -0.39 is 0 Å². The molecule has 1 aromatic carbocycles. The average molecular weight is 308 g/mol. The zero-order chi connectivity index (χ0) is 15.2. The lowest BCUT2D eigenvalue weighted by molar-refractivity contribution is 0.247. The van der Waals surface area contributed by atoms with E-state index in [0.717, 1.165) is 18.7 Å². The molecule has 0 aliphatic carbocycles. The van der Waals surface area contributed by atoms with Gasteiger partial charge in [-0.2, -0.15) is 0 Å². The fourth-order valence-corrected chi connectivity index (χ4v) is 2.50. The van der Waals surface area contributed by atoms with Crippen LogP contribution < -0.4 is 5.73 Å². The van der Waals surface area contributed by atoms with Crippen molar-refractivity contribution in [2.24, 2.45) is 5.73 Å². The van der Waals surface area contributed by atoms with Crippen molar-refractivity contribution >= 4 is 11.6 Å². The van der Waals surface area contributed by atoms with Gasteiger partial charge >= 0.3 is 0 Å². The molecule has 1 atom stereocenters. The van der Waals surface area contributed by atoms with Gasteiger partial charge in [-0.05, 0) is 25.2 Å². The molecule has 112 valence electrons. The maximum absolute atomic E-state index is 14.1. The maximum Gasteiger partial charge on any atom is 0.146 e. The minimum atomic E-state index is -0.390. The van der Waals surface area contributed by atoms with Gasteiger partial charge in [-0.3, -0.25) is 9.88 Å². The zero-order valence-electron chi connectivity index (χ0n) is 12.0. The Morgan fingerprint density at radius 1 is 1.29 bits per heavy atom. The molecule has 21 heavy (non-hydrogen) atoms. The summed E-state index contributed by atoms with van der Waals surface area (Å²) in [5.41, 5.74) is 7.37. The van der Waals surface area contributed by atoms with Crippen molar-refractivity contribution in [1.82, 2.24) is 9.88 Å². The predicted molar refractivity (Wildman–Crippen MR) is 83.8 cm³/mol. The first-order valence-corrected chi connectivity index (χ1v) is 7.25. The second-order valence-electron chi connectivity index (χ2n) is 4.95.